The third kappa shape index (κ3) is 5.69. The van der Waals surface area contributed by atoms with E-state index in [0.29, 0.717) is 6.54 Å². The van der Waals surface area contributed by atoms with Gasteiger partial charge in [0.05, 0.1) is 18.0 Å². The smallest absolute Gasteiger partial charge is 0.230 e. The third-order valence-electron chi connectivity index (χ3n) is 5.26. The molecule has 2 N–H and O–H groups in total. The summed E-state index contributed by atoms with van der Waals surface area (Å²) in [5.41, 5.74) is -0.333. The van der Waals surface area contributed by atoms with Crippen molar-refractivity contribution in [2.24, 2.45) is 10.4 Å². The summed E-state index contributed by atoms with van der Waals surface area (Å²) in [4.78, 5) is 22.8. The molecule has 0 radical (unpaired) electrons. The van der Waals surface area contributed by atoms with Crippen molar-refractivity contribution in [1.82, 2.24) is 20.4 Å². The summed E-state index contributed by atoms with van der Waals surface area (Å²) in [5.74, 6) is 1.00. The van der Waals surface area contributed by atoms with Crippen LogP contribution in [0.25, 0.3) is 0 Å². The molecule has 1 aliphatic rings. The maximum Gasteiger partial charge on any atom is 0.230 e. The van der Waals surface area contributed by atoms with E-state index >= 15 is 0 Å². The van der Waals surface area contributed by atoms with Crippen molar-refractivity contribution < 1.29 is 4.79 Å². The Balaban J connectivity index is 2.07. The molecule has 152 valence electrons. The number of hydrogen-bond donors (Lipinski definition) is 2. The lowest BCUT2D eigenvalue weighted by Gasteiger charge is -2.29. The maximum absolute atomic E-state index is 12.8. The fourth-order valence-corrected chi connectivity index (χ4v) is 4.67. The summed E-state index contributed by atoms with van der Waals surface area (Å²) in [6.07, 6.45) is 4.09. The molecular weight excluding hydrogens is 358 g/mol. The SMILES string of the molecule is CCNC(=NCC1(C(=O)N(C)C)CCCC1)NCC(c1cccs1)N(C)C. The largest absolute Gasteiger partial charge is 0.357 e. The summed E-state index contributed by atoms with van der Waals surface area (Å²) < 4.78 is 0. The van der Waals surface area contributed by atoms with E-state index in [1.807, 2.05) is 14.1 Å². The Morgan fingerprint density at radius 2 is 1.96 bits per heavy atom. The average Bonchev–Trinajstić information content (AvgIpc) is 3.31. The molecule has 0 saturated heterocycles. The molecule has 27 heavy (non-hydrogen) atoms. The number of aliphatic imine (C=N–C) groups is 1. The number of carbonyl (C=O) groups excluding carboxylic acids is 1. The van der Waals surface area contributed by atoms with Crippen molar-refractivity contribution in [2.75, 3.05) is 47.8 Å². The molecule has 1 aromatic rings. The molecule has 1 unspecified atom stereocenters. The number of rotatable bonds is 8. The summed E-state index contributed by atoms with van der Waals surface area (Å²) in [5, 5.41) is 8.92. The van der Waals surface area contributed by atoms with Gasteiger partial charge in [-0.15, -0.1) is 11.3 Å². The van der Waals surface area contributed by atoms with Gasteiger partial charge in [-0.2, -0.15) is 0 Å². The standard InChI is InChI=1S/C20H35N5OS/c1-6-21-19(22-14-16(24(2)3)17-10-9-13-27-17)23-15-20(11-7-8-12-20)18(26)25(4)5/h9-10,13,16H,6-8,11-12,14-15H2,1-5H3,(H2,21,22,23). The Bertz CT molecular complexity index is 606. The first kappa shape index (κ1) is 21.7. The summed E-state index contributed by atoms with van der Waals surface area (Å²) in [7, 11) is 7.88. The minimum Gasteiger partial charge on any atom is -0.357 e. The van der Waals surface area contributed by atoms with Gasteiger partial charge >= 0.3 is 0 Å². The number of carbonyl (C=O) groups is 1. The van der Waals surface area contributed by atoms with Crippen molar-refractivity contribution in [3.8, 4) is 0 Å². The van der Waals surface area contributed by atoms with Gasteiger partial charge in [-0.3, -0.25) is 9.79 Å². The summed E-state index contributed by atoms with van der Waals surface area (Å²) in [6, 6.07) is 4.55. The predicted molar refractivity (Wildman–Crippen MR) is 114 cm³/mol. The number of thiophene rings is 1. The predicted octanol–water partition coefficient (Wildman–Crippen LogP) is 2.55. The zero-order valence-corrected chi connectivity index (χ0v) is 18.2. The molecule has 1 aliphatic carbocycles. The van der Waals surface area contributed by atoms with Gasteiger partial charge in [-0.05, 0) is 45.3 Å². The highest BCUT2D eigenvalue weighted by atomic mass is 32.1. The summed E-state index contributed by atoms with van der Waals surface area (Å²) in [6.45, 7) is 4.18. The lowest BCUT2D eigenvalue weighted by Crippen LogP contribution is -2.44. The van der Waals surface area contributed by atoms with Gasteiger partial charge in [0.15, 0.2) is 5.96 Å². The normalized spacial score (nSPS) is 17.8. The van der Waals surface area contributed by atoms with Crippen LogP contribution >= 0.6 is 11.3 Å². The zero-order valence-electron chi connectivity index (χ0n) is 17.4. The first-order chi connectivity index (χ1) is 12.9. The van der Waals surface area contributed by atoms with Crippen LogP contribution < -0.4 is 10.6 Å². The molecule has 1 amide bonds. The highest BCUT2D eigenvalue weighted by Crippen LogP contribution is 2.39. The van der Waals surface area contributed by atoms with Gasteiger partial charge in [0, 0.05) is 32.1 Å². The first-order valence-electron chi connectivity index (χ1n) is 9.83. The molecule has 1 aromatic heterocycles. The van der Waals surface area contributed by atoms with Gasteiger partial charge in [0.25, 0.3) is 0 Å². The molecule has 0 aliphatic heterocycles. The van der Waals surface area contributed by atoms with Crippen LogP contribution in [0.4, 0.5) is 0 Å². The van der Waals surface area contributed by atoms with E-state index in [-0.39, 0.29) is 17.4 Å². The fourth-order valence-electron chi connectivity index (χ4n) is 3.75. The van der Waals surface area contributed by atoms with Crippen molar-refractivity contribution in [3.63, 3.8) is 0 Å². The number of likely N-dealkylation sites (N-methyl/N-ethyl adjacent to an activating group) is 1. The molecule has 7 heteroatoms. The van der Waals surface area contributed by atoms with Crippen LogP contribution in [0.2, 0.25) is 0 Å². The third-order valence-corrected chi connectivity index (χ3v) is 6.24. The number of amides is 1. The van der Waals surface area contributed by atoms with Crippen molar-refractivity contribution in [1.29, 1.82) is 0 Å². The van der Waals surface area contributed by atoms with Crippen LogP contribution in [-0.4, -0.2) is 69.5 Å². The Labute approximate surface area is 168 Å². The number of guanidine groups is 1. The topological polar surface area (TPSA) is 60.0 Å². The molecule has 0 aromatic carbocycles. The Morgan fingerprint density at radius 1 is 1.26 bits per heavy atom. The van der Waals surface area contributed by atoms with Crippen molar-refractivity contribution in [2.45, 2.75) is 38.6 Å². The molecular formula is C20H35N5OS. The van der Waals surface area contributed by atoms with Crippen LogP contribution in [0.3, 0.4) is 0 Å². The van der Waals surface area contributed by atoms with Crippen LogP contribution in [0, 0.1) is 5.41 Å². The molecule has 1 saturated carbocycles. The van der Waals surface area contributed by atoms with E-state index < -0.39 is 0 Å². The van der Waals surface area contributed by atoms with Gasteiger partial charge < -0.3 is 20.4 Å². The van der Waals surface area contributed by atoms with E-state index in [9.17, 15) is 4.79 Å². The maximum atomic E-state index is 12.8. The molecule has 1 atom stereocenters. The van der Waals surface area contributed by atoms with E-state index in [1.54, 1.807) is 16.2 Å². The van der Waals surface area contributed by atoms with E-state index in [2.05, 4.69) is 54.1 Å². The molecule has 2 rings (SSSR count). The first-order valence-corrected chi connectivity index (χ1v) is 10.7. The minimum atomic E-state index is -0.333. The molecule has 1 fully saturated rings. The Hall–Kier alpha value is -1.60. The molecule has 1 heterocycles. The fraction of sp³-hybridized carbons (Fsp3) is 0.700. The molecule has 6 nitrogen and oxygen atoms in total. The Morgan fingerprint density at radius 3 is 2.48 bits per heavy atom. The molecule has 0 bridgehead atoms. The highest BCUT2D eigenvalue weighted by molar-refractivity contribution is 7.10. The van der Waals surface area contributed by atoms with E-state index in [4.69, 9.17) is 4.99 Å². The van der Waals surface area contributed by atoms with Crippen LogP contribution in [0.1, 0.15) is 43.5 Å². The van der Waals surface area contributed by atoms with Crippen LogP contribution in [0.5, 0.6) is 0 Å². The zero-order chi connectivity index (χ0) is 19.9. The van der Waals surface area contributed by atoms with Gasteiger partial charge in [0.1, 0.15) is 0 Å². The monoisotopic (exact) mass is 393 g/mol. The second kappa shape index (κ2) is 10.1. The van der Waals surface area contributed by atoms with Crippen LogP contribution in [-0.2, 0) is 4.79 Å². The van der Waals surface area contributed by atoms with E-state index in [0.717, 1.165) is 44.7 Å². The second-order valence-electron chi connectivity index (χ2n) is 7.76. The number of hydrogen-bond acceptors (Lipinski definition) is 4. The number of nitrogens with one attached hydrogen (secondary N) is 2. The molecule has 0 spiro atoms. The quantitative estimate of drug-likeness (QED) is 0.526. The highest BCUT2D eigenvalue weighted by Gasteiger charge is 2.42. The lowest BCUT2D eigenvalue weighted by molar-refractivity contribution is -0.138. The van der Waals surface area contributed by atoms with Gasteiger partial charge in [-0.1, -0.05) is 18.9 Å². The van der Waals surface area contributed by atoms with E-state index in [1.165, 1.54) is 4.88 Å². The minimum absolute atomic E-state index is 0.212. The van der Waals surface area contributed by atoms with Gasteiger partial charge in [-0.25, -0.2) is 0 Å². The van der Waals surface area contributed by atoms with Crippen molar-refractivity contribution >= 4 is 23.2 Å². The second-order valence-corrected chi connectivity index (χ2v) is 8.74. The lowest BCUT2D eigenvalue weighted by atomic mass is 9.85. The van der Waals surface area contributed by atoms with Gasteiger partial charge in [0.2, 0.25) is 5.91 Å². The van der Waals surface area contributed by atoms with Crippen molar-refractivity contribution in [3.05, 3.63) is 22.4 Å². The Kier molecular flexibility index (Phi) is 8.10. The van der Waals surface area contributed by atoms with Crippen LogP contribution in [0.15, 0.2) is 22.5 Å². The summed E-state index contributed by atoms with van der Waals surface area (Å²) >= 11 is 1.77. The average molecular weight is 394 g/mol. The number of nitrogens with zero attached hydrogens (tertiary/aromatic N) is 3.